The van der Waals surface area contributed by atoms with Crippen LogP contribution < -0.4 is 15.2 Å². The second-order valence-electron chi connectivity index (χ2n) is 8.84. The summed E-state index contributed by atoms with van der Waals surface area (Å²) < 4.78 is 19.1. The molecule has 0 amide bonds. The molecule has 1 aliphatic carbocycles. The number of fused-ring (bicyclic) bond motifs is 5. The van der Waals surface area contributed by atoms with Gasteiger partial charge in [0.2, 0.25) is 0 Å². The quantitative estimate of drug-likeness (QED) is 0.595. The first-order valence-corrected chi connectivity index (χ1v) is 11.4. The third-order valence-corrected chi connectivity index (χ3v) is 6.85. The van der Waals surface area contributed by atoms with E-state index < -0.39 is 0 Å². The maximum atomic E-state index is 12.3. The third kappa shape index (κ3) is 3.43. The highest BCUT2D eigenvalue weighted by Crippen LogP contribution is 2.48. The summed E-state index contributed by atoms with van der Waals surface area (Å²) in [5.74, 6) is 1.57. The summed E-state index contributed by atoms with van der Waals surface area (Å²) >= 11 is 0. The summed E-state index contributed by atoms with van der Waals surface area (Å²) in [6, 6.07) is 11.7. The number of para-hydroxylation sites is 1. The van der Waals surface area contributed by atoms with Crippen molar-refractivity contribution in [1.29, 1.82) is 0 Å². The van der Waals surface area contributed by atoms with E-state index in [1.807, 2.05) is 24.3 Å². The highest BCUT2D eigenvalue weighted by Gasteiger charge is 2.31. The van der Waals surface area contributed by atoms with Crippen molar-refractivity contribution in [1.82, 2.24) is 4.57 Å². The summed E-state index contributed by atoms with van der Waals surface area (Å²) in [4.78, 5) is 12.3. The fourth-order valence-corrected chi connectivity index (χ4v) is 5.40. The molecule has 1 aromatic heterocycles. The number of nitrogens with two attached hydrogens (primary N) is 1. The molecule has 1 saturated carbocycles. The zero-order valence-electron chi connectivity index (χ0n) is 18.7. The predicted octanol–water partition coefficient (Wildman–Crippen LogP) is 4.87. The van der Waals surface area contributed by atoms with E-state index in [0.717, 1.165) is 35.4 Å². The maximum absolute atomic E-state index is 12.3. The molecule has 6 nitrogen and oxygen atoms in total. The minimum Gasteiger partial charge on any atom is -0.493 e. The van der Waals surface area contributed by atoms with Crippen LogP contribution in [0.15, 0.2) is 36.4 Å². The molecule has 6 heteroatoms. The largest absolute Gasteiger partial charge is 0.493 e. The molecule has 0 bridgehead atoms. The standard InChI is InChI=1S/C26H30N2O4/c1-30-22-10-6-9-20-24-23(16-7-4-3-5-8-16)19-12-11-17(26(29)31-2)13-21(19)28(24)14-18(27)15-32-25(20)22/h6,9-13,16,18H,3-5,7-8,14-15,27H2,1-2H3/t18-/m1/s1. The van der Waals surface area contributed by atoms with Crippen LogP contribution in [-0.4, -0.2) is 37.4 Å². The van der Waals surface area contributed by atoms with Crippen LogP contribution >= 0.6 is 0 Å². The van der Waals surface area contributed by atoms with Gasteiger partial charge >= 0.3 is 5.97 Å². The zero-order valence-corrected chi connectivity index (χ0v) is 18.7. The lowest BCUT2D eigenvalue weighted by atomic mass is 9.81. The smallest absolute Gasteiger partial charge is 0.337 e. The molecule has 1 fully saturated rings. The van der Waals surface area contributed by atoms with Gasteiger partial charge in [-0.3, -0.25) is 0 Å². The summed E-state index contributed by atoms with van der Waals surface area (Å²) in [6.07, 6.45) is 6.08. The van der Waals surface area contributed by atoms with Crippen LogP contribution in [0, 0.1) is 0 Å². The van der Waals surface area contributed by atoms with Crippen molar-refractivity contribution in [3.63, 3.8) is 0 Å². The van der Waals surface area contributed by atoms with Crippen molar-refractivity contribution in [2.75, 3.05) is 20.8 Å². The number of benzene rings is 2. The number of esters is 1. The first kappa shape index (κ1) is 20.9. The summed E-state index contributed by atoms with van der Waals surface area (Å²) in [6.45, 7) is 1.00. The van der Waals surface area contributed by atoms with Crippen LogP contribution in [0.25, 0.3) is 22.2 Å². The van der Waals surface area contributed by atoms with Gasteiger partial charge in [-0.25, -0.2) is 4.79 Å². The number of methoxy groups -OCH3 is 2. The normalized spacial score (nSPS) is 18.8. The van der Waals surface area contributed by atoms with Crippen molar-refractivity contribution in [2.24, 2.45) is 5.73 Å². The van der Waals surface area contributed by atoms with E-state index in [-0.39, 0.29) is 12.0 Å². The Morgan fingerprint density at radius 2 is 1.94 bits per heavy atom. The van der Waals surface area contributed by atoms with Crippen molar-refractivity contribution in [2.45, 2.75) is 50.6 Å². The van der Waals surface area contributed by atoms with Gasteiger partial charge in [0.25, 0.3) is 0 Å². The van der Waals surface area contributed by atoms with Gasteiger partial charge in [0.15, 0.2) is 11.5 Å². The van der Waals surface area contributed by atoms with E-state index in [1.165, 1.54) is 37.3 Å². The Balaban J connectivity index is 1.85. The second kappa shape index (κ2) is 8.51. The average molecular weight is 435 g/mol. The fraction of sp³-hybridized carbons (Fsp3) is 0.423. The van der Waals surface area contributed by atoms with Gasteiger partial charge in [-0.15, -0.1) is 0 Å². The molecule has 0 radical (unpaired) electrons. The van der Waals surface area contributed by atoms with E-state index in [2.05, 4.69) is 16.7 Å². The number of ether oxygens (including phenoxy) is 3. The lowest BCUT2D eigenvalue weighted by Gasteiger charge is -2.27. The molecule has 1 aliphatic heterocycles. The van der Waals surface area contributed by atoms with E-state index in [9.17, 15) is 4.79 Å². The Kier molecular flexibility index (Phi) is 5.55. The van der Waals surface area contributed by atoms with Crippen molar-refractivity contribution < 1.29 is 19.0 Å². The van der Waals surface area contributed by atoms with Crippen molar-refractivity contribution >= 4 is 16.9 Å². The first-order chi connectivity index (χ1) is 15.6. The van der Waals surface area contributed by atoms with Crippen LogP contribution in [0.1, 0.15) is 53.9 Å². The summed E-state index contributed by atoms with van der Waals surface area (Å²) in [7, 11) is 3.08. The van der Waals surface area contributed by atoms with Crippen LogP contribution in [0.4, 0.5) is 0 Å². The summed E-state index contributed by atoms with van der Waals surface area (Å²) in [5, 5.41) is 1.18. The Hall–Kier alpha value is -2.99. The molecular formula is C26H30N2O4. The predicted molar refractivity (Wildman–Crippen MR) is 125 cm³/mol. The van der Waals surface area contributed by atoms with Gasteiger partial charge < -0.3 is 24.5 Å². The number of nitrogens with zero attached hydrogens (tertiary/aromatic N) is 1. The van der Waals surface area contributed by atoms with Gasteiger partial charge in [-0.1, -0.05) is 31.4 Å². The van der Waals surface area contributed by atoms with Gasteiger partial charge in [0, 0.05) is 23.0 Å². The van der Waals surface area contributed by atoms with Gasteiger partial charge in [-0.05, 0) is 48.6 Å². The molecule has 2 N–H and O–H groups in total. The number of carbonyl (C=O) groups excluding carboxylic acids is 1. The number of hydrogen-bond acceptors (Lipinski definition) is 5. The number of aromatic nitrogens is 1. The molecular weight excluding hydrogens is 404 g/mol. The van der Waals surface area contributed by atoms with E-state index in [4.69, 9.17) is 19.9 Å². The minimum atomic E-state index is -0.331. The number of hydrogen-bond donors (Lipinski definition) is 1. The monoisotopic (exact) mass is 434 g/mol. The molecule has 32 heavy (non-hydrogen) atoms. The minimum absolute atomic E-state index is 0.191. The van der Waals surface area contributed by atoms with E-state index >= 15 is 0 Å². The molecule has 2 aromatic carbocycles. The summed E-state index contributed by atoms with van der Waals surface area (Å²) in [5.41, 5.74) is 11.6. The average Bonchev–Trinajstić information content (AvgIpc) is 3.14. The molecule has 168 valence electrons. The highest BCUT2D eigenvalue weighted by atomic mass is 16.5. The van der Waals surface area contributed by atoms with Crippen LogP contribution in [0.5, 0.6) is 11.5 Å². The number of carbonyl (C=O) groups is 1. The molecule has 1 atom stereocenters. The van der Waals surface area contributed by atoms with Crippen molar-refractivity contribution in [3.8, 4) is 22.8 Å². The van der Waals surface area contributed by atoms with Gasteiger partial charge in [0.05, 0.1) is 31.5 Å². The molecule has 0 unspecified atom stereocenters. The topological polar surface area (TPSA) is 75.7 Å². The van der Waals surface area contributed by atoms with Crippen molar-refractivity contribution in [3.05, 3.63) is 47.5 Å². The molecule has 2 aliphatic rings. The molecule has 0 saturated heterocycles. The number of rotatable bonds is 3. The van der Waals surface area contributed by atoms with Gasteiger partial charge in [-0.2, -0.15) is 0 Å². The maximum Gasteiger partial charge on any atom is 0.337 e. The van der Waals surface area contributed by atoms with Crippen LogP contribution in [-0.2, 0) is 11.3 Å². The molecule has 0 spiro atoms. The Labute approximate surface area is 188 Å². The highest BCUT2D eigenvalue weighted by molar-refractivity contribution is 5.99. The Morgan fingerprint density at radius 1 is 1.12 bits per heavy atom. The third-order valence-electron chi connectivity index (χ3n) is 6.85. The van der Waals surface area contributed by atoms with E-state index in [0.29, 0.717) is 30.4 Å². The molecule has 3 aromatic rings. The lowest BCUT2D eigenvalue weighted by molar-refractivity contribution is 0.0601. The first-order valence-electron chi connectivity index (χ1n) is 11.4. The SMILES string of the molecule is COC(=O)c1ccc2c(C3CCCCC3)c3n(c2c1)C[C@@H](N)COc1c(OC)cccc1-3. The van der Waals surface area contributed by atoms with Crippen LogP contribution in [0.2, 0.25) is 0 Å². The Bertz CT molecular complexity index is 1160. The fourth-order valence-electron chi connectivity index (χ4n) is 5.40. The van der Waals surface area contributed by atoms with Gasteiger partial charge in [0.1, 0.15) is 6.61 Å². The van der Waals surface area contributed by atoms with Crippen LogP contribution in [0.3, 0.4) is 0 Å². The van der Waals surface area contributed by atoms with E-state index in [1.54, 1.807) is 7.11 Å². The zero-order chi connectivity index (χ0) is 22.2. The second-order valence-corrected chi connectivity index (χ2v) is 8.84. The molecule has 2 heterocycles. The lowest BCUT2D eigenvalue weighted by Crippen LogP contribution is -2.34. The molecule has 5 rings (SSSR count). The Morgan fingerprint density at radius 3 is 2.69 bits per heavy atom.